The summed E-state index contributed by atoms with van der Waals surface area (Å²) in [7, 11) is 0. The van der Waals surface area contributed by atoms with Gasteiger partial charge in [-0.1, -0.05) is 13.0 Å². The molecule has 0 unspecified atom stereocenters. The van der Waals surface area contributed by atoms with Gasteiger partial charge in [-0.05, 0) is 42.8 Å². The Morgan fingerprint density at radius 2 is 2.17 bits per heavy atom. The molecule has 1 aliphatic heterocycles. The van der Waals surface area contributed by atoms with Crippen molar-refractivity contribution in [2.75, 3.05) is 19.6 Å². The van der Waals surface area contributed by atoms with Crippen LogP contribution < -0.4 is 11.1 Å². The van der Waals surface area contributed by atoms with Gasteiger partial charge in [-0.2, -0.15) is 0 Å². The second kappa shape index (κ2) is 5.98. The lowest BCUT2D eigenvalue weighted by molar-refractivity contribution is 0.0953. The highest BCUT2D eigenvalue weighted by Gasteiger charge is 2.18. The number of nitrogens with zero attached hydrogens (tertiary/aromatic N) is 1. The van der Waals surface area contributed by atoms with Crippen LogP contribution in [-0.2, 0) is 13.1 Å². The SMILES string of the molecule is CCN1Cc2ccc(C(=O)NCCCN)cc2C1. The van der Waals surface area contributed by atoms with Gasteiger partial charge in [0.15, 0.2) is 0 Å². The number of carbonyl (C=O) groups excluding carboxylic acids is 1. The normalized spacial score (nSPS) is 14.6. The molecule has 0 aromatic heterocycles. The Labute approximate surface area is 108 Å². The standard InChI is InChI=1S/C14H21N3O/c1-2-17-9-12-5-4-11(8-13(12)10-17)14(18)16-7-3-6-15/h4-5,8H,2-3,6-7,9-10,15H2,1H3,(H,16,18). The lowest BCUT2D eigenvalue weighted by Gasteiger charge is -2.09. The Morgan fingerprint density at radius 3 is 2.89 bits per heavy atom. The maximum Gasteiger partial charge on any atom is 0.251 e. The first-order valence-corrected chi connectivity index (χ1v) is 6.57. The third-order valence-corrected chi connectivity index (χ3v) is 3.37. The number of hydrogen-bond donors (Lipinski definition) is 2. The molecule has 0 aliphatic carbocycles. The molecule has 4 nitrogen and oxygen atoms in total. The van der Waals surface area contributed by atoms with E-state index in [1.807, 2.05) is 12.1 Å². The molecular weight excluding hydrogens is 226 g/mol. The van der Waals surface area contributed by atoms with E-state index in [0.29, 0.717) is 13.1 Å². The summed E-state index contributed by atoms with van der Waals surface area (Å²) in [5.74, 6) is 0.00111. The van der Waals surface area contributed by atoms with E-state index in [1.54, 1.807) is 0 Å². The Kier molecular flexibility index (Phi) is 4.33. The summed E-state index contributed by atoms with van der Waals surface area (Å²) in [6.07, 6.45) is 0.820. The zero-order chi connectivity index (χ0) is 13.0. The lowest BCUT2D eigenvalue weighted by Crippen LogP contribution is -2.26. The second-order valence-electron chi connectivity index (χ2n) is 4.68. The number of fused-ring (bicyclic) bond motifs is 1. The Hall–Kier alpha value is -1.39. The second-order valence-corrected chi connectivity index (χ2v) is 4.68. The summed E-state index contributed by atoms with van der Waals surface area (Å²) in [6, 6.07) is 6.00. The smallest absolute Gasteiger partial charge is 0.251 e. The fourth-order valence-corrected chi connectivity index (χ4v) is 2.24. The van der Waals surface area contributed by atoms with Gasteiger partial charge in [0.1, 0.15) is 0 Å². The molecule has 98 valence electrons. The van der Waals surface area contributed by atoms with Crippen LogP contribution in [0.5, 0.6) is 0 Å². The summed E-state index contributed by atoms with van der Waals surface area (Å²) in [4.78, 5) is 14.3. The molecule has 0 radical (unpaired) electrons. The minimum Gasteiger partial charge on any atom is -0.352 e. The summed E-state index contributed by atoms with van der Waals surface area (Å²) in [5, 5.41) is 2.88. The topological polar surface area (TPSA) is 58.4 Å². The van der Waals surface area contributed by atoms with Gasteiger partial charge in [-0.3, -0.25) is 9.69 Å². The molecule has 0 saturated heterocycles. The average Bonchev–Trinajstić information content (AvgIpc) is 2.80. The van der Waals surface area contributed by atoms with Gasteiger partial charge < -0.3 is 11.1 Å². The molecule has 1 aliphatic rings. The van der Waals surface area contributed by atoms with E-state index in [-0.39, 0.29) is 5.91 Å². The van der Waals surface area contributed by atoms with E-state index >= 15 is 0 Å². The predicted molar refractivity (Wildman–Crippen MR) is 72.2 cm³/mol. The number of nitrogens with two attached hydrogens (primary N) is 1. The van der Waals surface area contributed by atoms with E-state index < -0.39 is 0 Å². The van der Waals surface area contributed by atoms with E-state index in [1.165, 1.54) is 11.1 Å². The summed E-state index contributed by atoms with van der Waals surface area (Å²) in [6.45, 7) is 6.42. The maximum atomic E-state index is 11.9. The number of hydrogen-bond acceptors (Lipinski definition) is 3. The van der Waals surface area contributed by atoms with Gasteiger partial charge in [0.05, 0.1) is 0 Å². The van der Waals surface area contributed by atoms with Gasteiger partial charge in [-0.15, -0.1) is 0 Å². The fraction of sp³-hybridized carbons (Fsp3) is 0.500. The van der Waals surface area contributed by atoms with E-state index in [4.69, 9.17) is 5.73 Å². The van der Waals surface area contributed by atoms with Crippen LogP contribution in [0.1, 0.15) is 34.8 Å². The van der Waals surface area contributed by atoms with Gasteiger partial charge in [0, 0.05) is 25.2 Å². The highest BCUT2D eigenvalue weighted by molar-refractivity contribution is 5.94. The zero-order valence-corrected chi connectivity index (χ0v) is 10.9. The maximum absolute atomic E-state index is 11.9. The van der Waals surface area contributed by atoms with Gasteiger partial charge >= 0.3 is 0 Å². The average molecular weight is 247 g/mol. The van der Waals surface area contributed by atoms with Crippen LogP contribution >= 0.6 is 0 Å². The third-order valence-electron chi connectivity index (χ3n) is 3.37. The van der Waals surface area contributed by atoms with Gasteiger partial charge in [-0.25, -0.2) is 0 Å². The van der Waals surface area contributed by atoms with Crippen molar-refractivity contribution in [3.63, 3.8) is 0 Å². The molecule has 0 spiro atoms. The largest absolute Gasteiger partial charge is 0.352 e. The highest BCUT2D eigenvalue weighted by atomic mass is 16.1. The van der Waals surface area contributed by atoms with E-state index in [2.05, 4.69) is 23.2 Å². The molecule has 1 heterocycles. The van der Waals surface area contributed by atoms with E-state index in [0.717, 1.165) is 31.6 Å². The van der Waals surface area contributed by atoms with E-state index in [9.17, 15) is 4.79 Å². The van der Waals surface area contributed by atoms with Crippen molar-refractivity contribution in [1.82, 2.24) is 10.2 Å². The van der Waals surface area contributed by atoms with Crippen molar-refractivity contribution in [2.24, 2.45) is 5.73 Å². The lowest BCUT2D eigenvalue weighted by atomic mass is 10.1. The third kappa shape index (κ3) is 2.89. The number of benzene rings is 1. The summed E-state index contributed by atoms with van der Waals surface area (Å²) in [5.41, 5.74) is 8.78. The molecule has 18 heavy (non-hydrogen) atoms. The number of carbonyl (C=O) groups is 1. The minimum absolute atomic E-state index is 0.00111. The number of amides is 1. The number of nitrogens with one attached hydrogen (secondary N) is 1. The molecular formula is C14H21N3O. The van der Waals surface area contributed by atoms with Crippen molar-refractivity contribution in [3.05, 3.63) is 34.9 Å². The zero-order valence-electron chi connectivity index (χ0n) is 10.9. The van der Waals surface area contributed by atoms with Crippen LogP contribution in [0.3, 0.4) is 0 Å². The highest BCUT2D eigenvalue weighted by Crippen LogP contribution is 2.23. The molecule has 0 bridgehead atoms. The van der Waals surface area contributed by atoms with Crippen molar-refractivity contribution >= 4 is 5.91 Å². The van der Waals surface area contributed by atoms with Crippen LogP contribution in [-0.4, -0.2) is 30.4 Å². The Bertz CT molecular complexity index is 431. The first-order chi connectivity index (χ1) is 8.74. The monoisotopic (exact) mass is 247 g/mol. The summed E-state index contributed by atoms with van der Waals surface area (Å²) >= 11 is 0. The minimum atomic E-state index is 0.00111. The quantitative estimate of drug-likeness (QED) is 0.766. The first-order valence-electron chi connectivity index (χ1n) is 6.57. The Morgan fingerprint density at radius 1 is 1.39 bits per heavy atom. The van der Waals surface area contributed by atoms with Crippen LogP contribution in [0.4, 0.5) is 0 Å². The molecule has 1 amide bonds. The molecule has 4 heteroatoms. The molecule has 0 atom stereocenters. The Balaban J connectivity index is 2.02. The van der Waals surface area contributed by atoms with Crippen LogP contribution in [0.2, 0.25) is 0 Å². The molecule has 0 fully saturated rings. The fourth-order valence-electron chi connectivity index (χ4n) is 2.24. The number of rotatable bonds is 5. The first kappa shape index (κ1) is 13.1. The van der Waals surface area contributed by atoms with Crippen LogP contribution in [0.25, 0.3) is 0 Å². The van der Waals surface area contributed by atoms with Gasteiger partial charge in [0.2, 0.25) is 0 Å². The molecule has 1 aromatic rings. The molecule has 3 N–H and O–H groups in total. The van der Waals surface area contributed by atoms with Crippen LogP contribution in [0, 0.1) is 0 Å². The van der Waals surface area contributed by atoms with Gasteiger partial charge in [0.25, 0.3) is 5.91 Å². The van der Waals surface area contributed by atoms with Crippen LogP contribution in [0.15, 0.2) is 18.2 Å². The predicted octanol–water partition coefficient (Wildman–Crippen LogP) is 1.10. The molecule has 2 rings (SSSR count). The van der Waals surface area contributed by atoms with Crippen molar-refractivity contribution in [3.8, 4) is 0 Å². The van der Waals surface area contributed by atoms with Crippen molar-refractivity contribution < 1.29 is 4.79 Å². The van der Waals surface area contributed by atoms with Crippen molar-refractivity contribution in [1.29, 1.82) is 0 Å². The summed E-state index contributed by atoms with van der Waals surface area (Å²) < 4.78 is 0. The molecule has 1 aromatic carbocycles. The molecule has 0 saturated carbocycles. The van der Waals surface area contributed by atoms with Crippen molar-refractivity contribution in [2.45, 2.75) is 26.4 Å².